The molecule has 3 aromatic rings. The van der Waals surface area contributed by atoms with E-state index < -0.39 is 12.3 Å². The number of carbonyl (C=O) groups is 1. The maximum Gasteiger partial charge on any atom is 0.414 e. The predicted molar refractivity (Wildman–Crippen MR) is 160 cm³/mol. The number of aromatic nitrogens is 1. The summed E-state index contributed by atoms with van der Waals surface area (Å²) in [6.45, 7) is 4.35. The second kappa shape index (κ2) is 17.5. The van der Waals surface area contributed by atoms with Gasteiger partial charge in [0.1, 0.15) is 5.75 Å². The fourth-order valence-corrected chi connectivity index (χ4v) is 4.31. The number of hydrogen-bond acceptors (Lipinski definition) is 5. The Morgan fingerprint density at radius 1 is 0.738 bits per heavy atom. The topological polar surface area (TPSA) is 57.7 Å². The number of ether oxygens (including phenoxy) is 3. The van der Waals surface area contributed by atoms with Crippen LogP contribution >= 0.6 is 0 Å². The Hall–Kier alpha value is -3.39. The fraction of sp³-hybridized carbons (Fsp3) is 0.471. The van der Waals surface area contributed by atoms with Gasteiger partial charge in [-0.1, -0.05) is 63.6 Å². The van der Waals surface area contributed by atoms with Crippen molar-refractivity contribution >= 4 is 5.97 Å². The summed E-state index contributed by atoms with van der Waals surface area (Å²) in [7, 11) is 0. The van der Waals surface area contributed by atoms with Gasteiger partial charge < -0.3 is 14.2 Å². The minimum absolute atomic E-state index is 0.0921. The van der Waals surface area contributed by atoms with E-state index in [2.05, 4.69) is 11.9 Å². The molecule has 3 rings (SSSR count). The van der Waals surface area contributed by atoms with Gasteiger partial charge >= 0.3 is 12.1 Å². The lowest BCUT2D eigenvalue weighted by molar-refractivity contribution is -0.214. The van der Waals surface area contributed by atoms with Crippen LogP contribution in [0.3, 0.4) is 0 Å². The molecule has 0 aliphatic rings. The van der Waals surface area contributed by atoms with Crippen LogP contribution < -0.4 is 4.74 Å². The van der Waals surface area contributed by atoms with Crippen molar-refractivity contribution in [3.05, 3.63) is 72.4 Å². The van der Waals surface area contributed by atoms with E-state index in [1.807, 2.05) is 54.7 Å². The van der Waals surface area contributed by atoms with E-state index in [1.165, 1.54) is 19.3 Å². The first-order valence-electron chi connectivity index (χ1n) is 14.9. The third kappa shape index (κ3) is 11.5. The molecule has 0 aliphatic carbocycles. The molecule has 5 nitrogen and oxygen atoms in total. The Balaban J connectivity index is 1.35. The maximum absolute atomic E-state index is 12.4. The van der Waals surface area contributed by atoms with Crippen LogP contribution in [0.2, 0.25) is 0 Å². The minimum Gasteiger partial charge on any atom is -0.494 e. The first-order valence-corrected chi connectivity index (χ1v) is 14.9. The number of nitrogens with zero attached hydrogens (tertiary/aromatic N) is 1. The quantitative estimate of drug-likeness (QED) is 0.110. The summed E-state index contributed by atoms with van der Waals surface area (Å²) in [6, 6.07) is 19.2. The van der Waals surface area contributed by atoms with Gasteiger partial charge in [0.05, 0.1) is 24.5 Å². The second-order valence-electron chi connectivity index (χ2n) is 10.4. The van der Waals surface area contributed by atoms with E-state index >= 15 is 0 Å². The number of benzene rings is 2. The van der Waals surface area contributed by atoms with E-state index in [0.29, 0.717) is 25.0 Å². The number of halogens is 3. The van der Waals surface area contributed by atoms with Gasteiger partial charge in [0.25, 0.3) is 0 Å². The Bertz CT molecular complexity index is 1180. The number of alkyl halides is 3. The van der Waals surface area contributed by atoms with Crippen molar-refractivity contribution in [2.75, 3.05) is 19.8 Å². The van der Waals surface area contributed by atoms with Crippen LogP contribution in [-0.2, 0) is 9.47 Å². The molecule has 8 heteroatoms. The van der Waals surface area contributed by atoms with Gasteiger partial charge in [-0.2, -0.15) is 13.2 Å². The molecule has 0 saturated heterocycles. The average Bonchev–Trinajstić information content (AvgIpc) is 3.00. The van der Waals surface area contributed by atoms with Crippen LogP contribution in [0, 0.1) is 0 Å². The normalized spacial score (nSPS) is 12.2. The summed E-state index contributed by atoms with van der Waals surface area (Å²) >= 11 is 0. The lowest BCUT2D eigenvalue weighted by atomic mass is 10.0. The number of rotatable bonds is 18. The molecule has 0 N–H and O–H groups in total. The number of hydrogen-bond donors (Lipinski definition) is 0. The molecular formula is C34H42F3NO4. The van der Waals surface area contributed by atoms with E-state index in [9.17, 15) is 18.0 Å². The molecule has 0 bridgehead atoms. The zero-order valence-electron chi connectivity index (χ0n) is 24.6. The van der Waals surface area contributed by atoms with Crippen molar-refractivity contribution < 1.29 is 32.2 Å². The van der Waals surface area contributed by atoms with Gasteiger partial charge in [-0.15, -0.1) is 0 Å². The summed E-state index contributed by atoms with van der Waals surface area (Å²) in [6.07, 6.45) is 4.23. The van der Waals surface area contributed by atoms with E-state index in [1.54, 1.807) is 12.1 Å². The molecule has 2 aromatic carbocycles. The lowest BCUT2D eigenvalue weighted by Gasteiger charge is -2.16. The lowest BCUT2D eigenvalue weighted by Crippen LogP contribution is -2.28. The Kier molecular flexibility index (Phi) is 13.8. The second-order valence-corrected chi connectivity index (χ2v) is 10.4. The van der Waals surface area contributed by atoms with Crippen molar-refractivity contribution in [3.8, 4) is 28.1 Å². The molecule has 0 aliphatic heterocycles. The van der Waals surface area contributed by atoms with Crippen LogP contribution in [0.1, 0.15) is 82.0 Å². The van der Waals surface area contributed by atoms with Crippen molar-refractivity contribution in [2.45, 2.75) is 83.9 Å². The number of carbonyl (C=O) groups excluding carboxylic acids is 1. The standard InChI is InChI=1S/C34H42F3NO4/c1-3-4-5-9-23-41-31-19-16-28(17-20-31)32-21-18-30(25-38-32)27-12-14-29(15-13-27)33(39)42-24-11-8-6-7-10-22-40-26(2)34(35,36)37/h12-21,25-26H,3-11,22-24H2,1-2H3. The highest BCUT2D eigenvalue weighted by atomic mass is 19.4. The first kappa shape index (κ1) is 33.1. The summed E-state index contributed by atoms with van der Waals surface area (Å²) in [5.74, 6) is 0.491. The summed E-state index contributed by atoms with van der Waals surface area (Å²) in [5, 5.41) is 0. The van der Waals surface area contributed by atoms with E-state index in [0.717, 1.165) is 67.3 Å². The van der Waals surface area contributed by atoms with Gasteiger partial charge in [0, 0.05) is 23.9 Å². The molecular weight excluding hydrogens is 543 g/mol. The van der Waals surface area contributed by atoms with Gasteiger partial charge in [-0.05, 0) is 74.2 Å². The van der Waals surface area contributed by atoms with Crippen molar-refractivity contribution in [3.63, 3.8) is 0 Å². The van der Waals surface area contributed by atoms with Crippen molar-refractivity contribution in [2.24, 2.45) is 0 Å². The highest BCUT2D eigenvalue weighted by Gasteiger charge is 2.36. The molecule has 1 heterocycles. The highest BCUT2D eigenvalue weighted by molar-refractivity contribution is 5.90. The van der Waals surface area contributed by atoms with E-state index in [-0.39, 0.29) is 12.6 Å². The predicted octanol–water partition coefficient (Wildman–Crippen LogP) is 9.45. The molecule has 1 unspecified atom stereocenters. The van der Waals surface area contributed by atoms with Gasteiger partial charge in [-0.25, -0.2) is 4.79 Å². The molecule has 42 heavy (non-hydrogen) atoms. The number of unbranched alkanes of at least 4 members (excludes halogenated alkanes) is 7. The maximum atomic E-state index is 12.4. The van der Waals surface area contributed by atoms with Crippen LogP contribution in [0.4, 0.5) is 13.2 Å². The summed E-state index contributed by atoms with van der Waals surface area (Å²) < 4.78 is 53.2. The molecule has 1 aromatic heterocycles. The van der Waals surface area contributed by atoms with Crippen molar-refractivity contribution in [1.29, 1.82) is 0 Å². The minimum atomic E-state index is -4.32. The molecule has 0 radical (unpaired) electrons. The molecule has 0 amide bonds. The number of pyridine rings is 1. The molecule has 0 fully saturated rings. The Morgan fingerprint density at radius 3 is 1.98 bits per heavy atom. The highest BCUT2D eigenvalue weighted by Crippen LogP contribution is 2.25. The smallest absolute Gasteiger partial charge is 0.414 e. The first-order chi connectivity index (χ1) is 20.3. The van der Waals surface area contributed by atoms with Crippen LogP contribution in [-0.4, -0.2) is 43.1 Å². The largest absolute Gasteiger partial charge is 0.494 e. The molecule has 228 valence electrons. The number of esters is 1. The third-order valence-electron chi connectivity index (χ3n) is 6.98. The third-order valence-corrected chi connectivity index (χ3v) is 6.98. The SMILES string of the molecule is CCCCCCOc1ccc(-c2ccc(-c3ccc(C(=O)OCCCCCCCOC(C)C(F)(F)F)cc3)cn2)cc1. The monoisotopic (exact) mass is 585 g/mol. The summed E-state index contributed by atoms with van der Waals surface area (Å²) in [4.78, 5) is 17.0. The van der Waals surface area contributed by atoms with Crippen LogP contribution in [0.25, 0.3) is 22.4 Å². The zero-order chi connectivity index (χ0) is 30.2. The zero-order valence-corrected chi connectivity index (χ0v) is 24.6. The van der Waals surface area contributed by atoms with Gasteiger partial charge in [0.15, 0.2) is 6.10 Å². The van der Waals surface area contributed by atoms with Crippen LogP contribution in [0.5, 0.6) is 5.75 Å². The van der Waals surface area contributed by atoms with Gasteiger partial charge in [0.2, 0.25) is 0 Å². The summed E-state index contributed by atoms with van der Waals surface area (Å²) in [5.41, 5.74) is 4.27. The Morgan fingerprint density at radius 2 is 1.33 bits per heavy atom. The molecule has 1 atom stereocenters. The molecule has 0 spiro atoms. The van der Waals surface area contributed by atoms with Gasteiger partial charge in [-0.3, -0.25) is 4.98 Å². The van der Waals surface area contributed by atoms with E-state index in [4.69, 9.17) is 14.2 Å². The average molecular weight is 586 g/mol. The van der Waals surface area contributed by atoms with Crippen LogP contribution in [0.15, 0.2) is 66.9 Å². The molecule has 0 saturated carbocycles. The van der Waals surface area contributed by atoms with Crippen molar-refractivity contribution in [1.82, 2.24) is 4.98 Å². The Labute approximate surface area is 247 Å². The fourth-order valence-electron chi connectivity index (χ4n) is 4.31.